The first-order chi connectivity index (χ1) is 29.8. The van der Waals surface area contributed by atoms with Crippen LogP contribution in [0, 0.1) is 17.8 Å². The number of carboxylic acid groups (broad SMARTS) is 1. The fourth-order valence-corrected chi connectivity index (χ4v) is 10.8. The Morgan fingerprint density at radius 1 is 1.13 bits per heavy atom. The van der Waals surface area contributed by atoms with Crippen LogP contribution < -0.4 is 24.2 Å². The van der Waals surface area contributed by atoms with Gasteiger partial charge < -0.3 is 34.3 Å². The Hall–Kier alpha value is -4.85. The van der Waals surface area contributed by atoms with Crippen LogP contribution in [0.5, 0.6) is 17.5 Å². The highest BCUT2D eigenvalue weighted by atomic mass is 32.2. The second kappa shape index (κ2) is 17.6. The summed E-state index contributed by atoms with van der Waals surface area (Å²) in [5.41, 5.74) is -1.89. The van der Waals surface area contributed by atoms with Crippen LogP contribution in [-0.2, 0) is 29.1 Å². The van der Waals surface area contributed by atoms with Crippen LogP contribution >= 0.6 is 0 Å². The van der Waals surface area contributed by atoms with Gasteiger partial charge in [-0.1, -0.05) is 32.4 Å². The number of carbonyl (C=O) groups is 4. The predicted molar refractivity (Wildman–Crippen MR) is 221 cm³/mol. The molecule has 4 fully saturated rings. The van der Waals surface area contributed by atoms with E-state index < -0.39 is 98.8 Å². The summed E-state index contributed by atoms with van der Waals surface area (Å²) in [7, 11) is -1.46. The predicted octanol–water partition coefficient (Wildman–Crippen LogP) is 5.33. The maximum atomic E-state index is 16.0. The highest BCUT2D eigenvalue weighted by Crippen LogP contribution is 2.49. The SMILES string of the molecule is CC[C@@H]1C[C@H](C)CC/C=C\[C@@H]2C[C@@]2(C(=O)NS(=O)(=O)C2(C)CC2)NC(=O)[C@@H]2C[C@@H](Oc3nc(OC)cc4cc(OC)ccc34)C(C(F)(F)F)N2C(=O)[C@H]1N(C(=O)O)C1CCCOC1. The van der Waals surface area contributed by atoms with Crippen LogP contribution in [-0.4, -0.2) is 126 Å². The fraction of sp³-hybridized carbons (Fsp3) is 0.651. The quantitative estimate of drug-likeness (QED) is 0.259. The number of carbonyl (C=O) groups excluding carboxylic acids is 3. The Labute approximate surface area is 364 Å². The molecule has 63 heavy (non-hydrogen) atoms. The zero-order valence-electron chi connectivity index (χ0n) is 36.0. The molecule has 2 saturated heterocycles. The molecular formula is C43H56F3N5O11S. The van der Waals surface area contributed by atoms with Crippen LogP contribution in [0.15, 0.2) is 36.4 Å². The summed E-state index contributed by atoms with van der Waals surface area (Å²) < 4.78 is 98.1. The molecule has 20 heteroatoms. The van der Waals surface area contributed by atoms with Crippen LogP contribution in [0.4, 0.5) is 18.0 Å². The molecule has 346 valence electrons. The van der Waals surface area contributed by atoms with Gasteiger partial charge in [0.25, 0.3) is 5.91 Å². The number of allylic oxidation sites excluding steroid dienone is 1. The molecule has 3 aliphatic heterocycles. The summed E-state index contributed by atoms with van der Waals surface area (Å²) >= 11 is 0. The zero-order chi connectivity index (χ0) is 45.6. The Balaban J connectivity index is 1.37. The van der Waals surface area contributed by atoms with Gasteiger partial charge in [-0.15, -0.1) is 0 Å². The number of aromatic nitrogens is 1. The largest absolute Gasteiger partial charge is 0.497 e. The highest BCUT2D eigenvalue weighted by molar-refractivity contribution is 7.91. The molecule has 0 spiro atoms. The van der Waals surface area contributed by atoms with Gasteiger partial charge in [0.15, 0.2) is 6.04 Å². The van der Waals surface area contributed by atoms with Crippen LogP contribution in [0.1, 0.15) is 85.0 Å². The lowest BCUT2D eigenvalue weighted by molar-refractivity contribution is -0.200. The van der Waals surface area contributed by atoms with Crippen molar-refractivity contribution in [3.8, 4) is 17.5 Å². The molecule has 1 aromatic carbocycles. The minimum absolute atomic E-state index is 0.0152. The minimum atomic E-state index is -5.27. The summed E-state index contributed by atoms with van der Waals surface area (Å²) in [6.45, 7) is 5.38. The number of fused-ring (bicyclic) bond motifs is 3. The molecule has 1 aromatic heterocycles. The summed E-state index contributed by atoms with van der Waals surface area (Å²) in [6.07, 6.45) is -3.30. The Morgan fingerprint density at radius 3 is 2.49 bits per heavy atom. The van der Waals surface area contributed by atoms with Gasteiger partial charge in [-0.2, -0.15) is 18.2 Å². The normalized spacial score (nSPS) is 31.6. The third-order valence-corrected chi connectivity index (χ3v) is 15.7. The van der Waals surface area contributed by atoms with Crippen LogP contribution in [0.25, 0.3) is 10.8 Å². The summed E-state index contributed by atoms with van der Waals surface area (Å²) in [5, 5.41) is 14.2. The van der Waals surface area contributed by atoms with Crippen molar-refractivity contribution in [1.82, 2.24) is 24.8 Å². The van der Waals surface area contributed by atoms with Gasteiger partial charge in [0.1, 0.15) is 29.5 Å². The Bertz CT molecular complexity index is 2230. The number of amides is 4. The van der Waals surface area contributed by atoms with Gasteiger partial charge in [0, 0.05) is 30.4 Å². The maximum absolute atomic E-state index is 16.0. The monoisotopic (exact) mass is 907 g/mol. The molecule has 3 N–H and O–H groups in total. The number of hydrogen-bond donors (Lipinski definition) is 3. The van der Waals surface area contributed by atoms with E-state index in [0.29, 0.717) is 54.7 Å². The first-order valence-electron chi connectivity index (χ1n) is 21.5. The van der Waals surface area contributed by atoms with Gasteiger partial charge in [-0.25, -0.2) is 13.2 Å². The molecule has 0 bridgehead atoms. The first kappa shape index (κ1) is 46.2. The van der Waals surface area contributed by atoms with Crippen LogP contribution in [0.3, 0.4) is 0 Å². The average Bonchev–Trinajstić information content (AvgIpc) is 4.13. The molecule has 4 heterocycles. The number of alkyl halides is 3. The number of nitrogens with zero attached hydrogens (tertiary/aromatic N) is 3. The van der Waals surface area contributed by atoms with E-state index in [1.807, 2.05) is 13.0 Å². The standard InChI is InChI=1S/C43H56F3N5O11S/c1-6-25-18-24(2)10-7-8-11-27-22-42(27,39(54)49-63(57,58)41(3)15-16-41)48-36(52)31-21-32(62-37-30-14-13-29(59-4)19-26(30)20-33(47-37)60-5)35(43(44,45)46)51(31)38(53)34(25)50(40(55)56)28-12-9-17-61-23-28/h8,11,13-14,19-20,24-25,27-28,31-32,34-35H,6-7,9-10,12,15-18,21-23H2,1-5H3,(H,48,52)(H,49,54)(H,55,56)/b11-8-/t24-,25-,27-,28?,31+,32-,34+,35?,42-/m1/s1. The molecule has 2 aromatic rings. The van der Waals surface area contributed by atoms with Gasteiger partial charge in [0.2, 0.25) is 33.6 Å². The molecule has 2 unspecified atom stereocenters. The van der Waals surface area contributed by atoms with E-state index in [1.54, 1.807) is 25.1 Å². The van der Waals surface area contributed by atoms with Gasteiger partial charge in [-0.3, -0.25) is 24.0 Å². The van der Waals surface area contributed by atoms with E-state index in [1.165, 1.54) is 33.3 Å². The van der Waals surface area contributed by atoms with E-state index in [0.717, 1.165) is 4.90 Å². The van der Waals surface area contributed by atoms with Crippen molar-refractivity contribution >= 4 is 44.6 Å². The Morgan fingerprint density at radius 2 is 1.87 bits per heavy atom. The number of methoxy groups -OCH3 is 2. The minimum Gasteiger partial charge on any atom is -0.497 e. The second-order valence-corrected chi connectivity index (χ2v) is 20.1. The molecule has 0 radical (unpaired) electrons. The van der Waals surface area contributed by atoms with Gasteiger partial charge in [0.05, 0.1) is 31.6 Å². The number of sulfonamides is 1. The van der Waals surface area contributed by atoms with Crippen molar-refractivity contribution in [3.63, 3.8) is 0 Å². The van der Waals surface area contributed by atoms with Crippen molar-refractivity contribution in [2.24, 2.45) is 17.8 Å². The van der Waals surface area contributed by atoms with Gasteiger partial charge >= 0.3 is 12.3 Å². The lowest BCUT2D eigenvalue weighted by atomic mass is 9.83. The van der Waals surface area contributed by atoms with Crippen molar-refractivity contribution < 1.29 is 64.8 Å². The van der Waals surface area contributed by atoms with E-state index in [9.17, 15) is 27.9 Å². The summed E-state index contributed by atoms with van der Waals surface area (Å²) in [4.78, 5) is 63.5. The number of halogens is 3. The summed E-state index contributed by atoms with van der Waals surface area (Å²) in [5.74, 6) is -5.04. The van der Waals surface area contributed by atoms with Gasteiger partial charge in [-0.05, 0) is 93.7 Å². The highest BCUT2D eigenvalue weighted by Gasteiger charge is 2.66. The molecule has 7 rings (SSSR count). The second-order valence-electron chi connectivity index (χ2n) is 17.9. The van der Waals surface area contributed by atoms with E-state index in [2.05, 4.69) is 15.0 Å². The van der Waals surface area contributed by atoms with Crippen molar-refractivity contribution in [3.05, 3.63) is 36.4 Å². The molecule has 2 saturated carbocycles. The molecule has 4 amide bonds. The average molecular weight is 908 g/mol. The van der Waals surface area contributed by atoms with E-state index in [4.69, 9.17) is 18.9 Å². The lowest BCUT2D eigenvalue weighted by Gasteiger charge is -2.44. The van der Waals surface area contributed by atoms with Crippen LogP contribution in [0.2, 0.25) is 0 Å². The number of benzene rings is 1. The number of pyridine rings is 1. The van der Waals surface area contributed by atoms with Crippen molar-refractivity contribution in [2.75, 3.05) is 27.4 Å². The topological polar surface area (TPSA) is 203 Å². The van der Waals surface area contributed by atoms with Crippen molar-refractivity contribution in [1.29, 1.82) is 0 Å². The first-order valence-corrected chi connectivity index (χ1v) is 23.0. The maximum Gasteiger partial charge on any atom is 0.412 e. The van der Waals surface area contributed by atoms with Crippen molar-refractivity contribution in [2.45, 2.75) is 132 Å². The Kier molecular flexibility index (Phi) is 12.9. The fourth-order valence-electron chi connectivity index (χ4n) is 9.49. The van der Waals surface area contributed by atoms with E-state index >= 15 is 18.0 Å². The third-order valence-electron chi connectivity index (χ3n) is 13.6. The smallest absolute Gasteiger partial charge is 0.412 e. The molecule has 9 atom stereocenters. The molecular weight excluding hydrogens is 852 g/mol. The van der Waals surface area contributed by atoms with E-state index in [-0.39, 0.29) is 55.4 Å². The number of rotatable bonds is 10. The third kappa shape index (κ3) is 9.11. The number of hydrogen-bond acceptors (Lipinski definition) is 11. The molecule has 16 nitrogen and oxygen atoms in total. The summed E-state index contributed by atoms with van der Waals surface area (Å²) in [6, 6.07) is -1.18. The molecule has 2 aliphatic carbocycles. The molecule has 5 aliphatic rings. The number of nitrogens with one attached hydrogen (secondary N) is 2. The lowest BCUT2D eigenvalue weighted by Crippen LogP contribution is -2.65. The number of ether oxygens (including phenoxy) is 4. The zero-order valence-corrected chi connectivity index (χ0v) is 36.8.